The first kappa shape index (κ1) is 26.1. The summed E-state index contributed by atoms with van der Waals surface area (Å²) in [5.74, 6) is 1.35. The highest BCUT2D eigenvalue weighted by Gasteiger charge is 2.30. The van der Waals surface area contributed by atoms with E-state index in [-0.39, 0.29) is 31.3 Å². The Morgan fingerprint density at radius 3 is 2.50 bits per heavy atom. The second kappa shape index (κ2) is 11.9. The van der Waals surface area contributed by atoms with Crippen LogP contribution >= 0.6 is 11.3 Å². The van der Waals surface area contributed by atoms with Gasteiger partial charge in [0.15, 0.2) is 11.5 Å². The van der Waals surface area contributed by atoms with Crippen molar-refractivity contribution in [1.82, 2.24) is 9.80 Å². The lowest BCUT2D eigenvalue weighted by Crippen LogP contribution is -2.49. The molecule has 2 aliphatic rings. The van der Waals surface area contributed by atoms with Crippen molar-refractivity contribution in [2.45, 2.75) is 65.1 Å². The van der Waals surface area contributed by atoms with E-state index < -0.39 is 0 Å². The number of anilines is 1. The van der Waals surface area contributed by atoms with Gasteiger partial charge in [0.25, 0.3) is 0 Å². The number of urea groups is 1. The minimum absolute atomic E-state index is 0.0390. The van der Waals surface area contributed by atoms with Gasteiger partial charge in [-0.3, -0.25) is 4.79 Å². The zero-order valence-electron chi connectivity index (χ0n) is 22.1. The normalized spacial score (nSPS) is 14.8. The third-order valence-electron chi connectivity index (χ3n) is 7.43. The van der Waals surface area contributed by atoms with Crippen LogP contribution in [0.5, 0.6) is 11.5 Å². The van der Waals surface area contributed by atoms with Crippen LogP contribution in [-0.4, -0.2) is 41.1 Å². The van der Waals surface area contributed by atoms with E-state index >= 15 is 0 Å². The van der Waals surface area contributed by atoms with Crippen LogP contribution in [-0.2, 0) is 17.9 Å². The molecule has 1 fully saturated rings. The molecule has 0 unspecified atom stereocenters. The van der Waals surface area contributed by atoms with Gasteiger partial charge in [-0.25, -0.2) is 4.79 Å². The number of aryl methyl sites for hydroxylation is 2. The Labute approximate surface area is 228 Å². The third-order valence-corrected chi connectivity index (χ3v) is 8.44. The lowest BCUT2D eigenvalue weighted by Gasteiger charge is -2.35. The van der Waals surface area contributed by atoms with Crippen LogP contribution in [0.15, 0.2) is 53.9 Å². The Balaban J connectivity index is 1.38. The molecule has 1 saturated carbocycles. The van der Waals surface area contributed by atoms with Gasteiger partial charge in [0.05, 0.1) is 6.54 Å². The van der Waals surface area contributed by atoms with E-state index in [9.17, 15) is 9.59 Å². The molecule has 8 heteroatoms. The fourth-order valence-electron chi connectivity index (χ4n) is 5.14. The molecule has 0 radical (unpaired) electrons. The number of ether oxygens (including phenoxy) is 2. The van der Waals surface area contributed by atoms with Crippen molar-refractivity contribution in [3.05, 3.63) is 75.5 Å². The number of benzene rings is 2. The minimum atomic E-state index is -0.213. The largest absolute Gasteiger partial charge is 0.454 e. The van der Waals surface area contributed by atoms with Crippen LogP contribution in [0, 0.1) is 13.8 Å². The Bertz CT molecular complexity index is 1280. The van der Waals surface area contributed by atoms with E-state index in [1.165, 1.54) is 12.0 Å². The first-order chi connectivity index (χ1) is 18.5. The second-order valence-corrected chi connectivity index (χ2v) is 11.1. The molecule has 1 aliphatic heterocycles. The summed E-state index contributed by atoms with van der Waals surface area (Å²) in [5, 5.41) is 5.13. The molecule has 38 heavy (non-hydrogen) atoms. The predicted molar refractivity (Wildman–Crippen MR) is 150 cm³/mol. The molecule has 200 valence electrons. The lowest BCUT2D eigenvalue weighted by molar-refractivity contribution is -0.133. The van der Waals surface area contributed by atoms with Crippen molar-refractivity contribution in [2.24, 2.45) is 0 Å². The molecular formula is C30H35N3O4S. The summed E-state index contributed by atoms with van der Waals surface area (Å²) in [5.41, 5.74) is 3.90. The smallest absolute Gasteiger partial charge is 0.322 e. The quantitative estimate of drug-likeness (QED) is 0.359. The standard InChI is InChI=1S/C30H35N3O4S/c1-21-8-6-7-11-25(21)31-30(35)33(24-9-4-3-5-10-24)19-29(34)32(18-28-22(2)14-15-38-28)17-23-12-13-26-27(16-23)37-20-36-26/h6-8,11-16,24H,3-5,9-10,17-20H2,1-2H3,(H,31,35). The molecule has 0 atom stereocenters. The lowest BCUT2D eigenvalue weighted by atomic mass is 9.94. The number of rotatable bonds is 8. The van der Waals surface area contributed by atoms with Gasteiger partial charge in [-0.05, 0) is 73.0 Å². The molecule has 1 N–H and O–H groups in total. The summed E-state index contributed by atoms with van der Waals surface area (Å²) < 4.78 is 11.0. The monoisotopic (exact) mass is 533 g/mol. The maximum atomic E-state index is 13.9. The van der Waals surface area contributed by atoms with Gasteiger partial charge < -0.3 is 24.6 Å². The first-order valence-electron chi connectivity index (χ1n) is 13.3. The van der Waals surface area contributed by atoms with Crippen molar-refractivity contribution in [1.29, 1.82) is 0 Å². The summed E-state index contributed by atoms with van der Waals surface area (Å²) in [7, 11) is 0. The van der Waals surface area contributed by atoms with Crippen LogP contribution in [0.3, 0.4) is 0 Å². The molecule has 0 spiro atoms. The average molecular weight is 534 g/mol. The molecule has 5 rings (SSSR count). The summed E-state index contributed by atoms with van der Waals surface area (Å²) in [6, 6.07) is 15.5. The summed E-state index contributed by atoms with van der Waals surface area (Å²) >= 11 is 1.65. The van der Waals surface area contributed by atoms with Crippen molar-refractivity contribution < 1.29 is 19.1 Å². The number of carbonyl (C=O) groups is 2. The number of hydrogen-bond acceptors (Lipinski definition) is 5. The Morgan fingerprint density at radius 1 is 0.947 bits per heavy atom. The number of para-hydroxylation sites is 1. The van der Waals surface area contributed by atoms with Crippen LogP contribution in [0.1, 0.15) is 53.7 Å². The molecule has 1 aromatic heterocycles. The van der Waals surface area contributed by atoms with E-state index in [2.05, 4.69) is 23.7 Å². The van der Waals surface area contributed by atoms with Crippen LogP contribution in [0.4, 0.5) is 10.5 Å². The van der Waals surface area contributed by atoms with Gasteiger partial charge in [-0.15, -0.1) is 11.3 Å². The van der Waals surface area contributed by atoms with Crippen molar-refractivity contribution in [3.63, 3.8) is 0 Å². The first-order valence-corrected chi connectivity index (χ1v) is 14.2. The third kappa shape index (κ3) is 6.13. The van der Waals surface area contributed by atoms with E-state index in [1.807, 2.05) is 54.3 Å². The highest BCUT2D eigenvalue weighted by Crippen LogP contribution is 2.33. The average Bonchev–Trinajstić information content (AvgIpc) is 3.56. The molecule has 2 heterocycles. The molecular weight excluding hydrogens is 498 g/mol. The number of nitrogens with one attached hydrogen (secondary N) is 1. The number of carbonyl (C=O) groups excluding carboxylic acids is 2. The number of thiophene rings is 1. The van der Waals surface area contributed by atoms with Gasteiger partial charge in [0.2, 0.25) is 12.7 Å². The molecule has 0 saturated heterocycles. The van der Waals surface area contributed by atoms with Crippen molar-refractivity contribution in [2.75, 3.05) is 18.7 Å². The van der Waals surface area contributed by atoms with Crippen molar-refractivity contribution >= 4 is 29.0 Å². The Kier molecular flexibility index (Phi) is 8.17. The van der Waals surface area contributed by atoms with E-state index in [4.69, 9.17) is 9.47 Å². The van der Waals surface area contributed by atoms with Gasteiger partial charge in [-0.1, -0.05) is 43.5 Å². The maximum absolute atomic E-state index is 13.9. The number of hydrogen-bond donors (Lipinski definition) is 1. The Morgan fingerprint density at radius 2 is 1.74 bits per heavy atom. The minimum Gasteiger partial charge on any atom is -0.454 e. The van der Waals surface area contributed by atoms with Gasteiger partial charge in [-0.2, -0.15) is 0 Å². The van der Waals surface area contributed by atoms with Crippen molar-refractivity contribution in [3.8, 4) is 11.5 Å². The Hall–Kier alpha value is -3.52. The fourth-order valence-corrected chi connectivity index (χ4v) is 6.06. The highest BCUT2D eigenvalue weighted by atomic mass is 32.1. The van der Waals surface area contributed by atoms with E-state index in [0.717, 1.165) is 53.1 Å². The number of amides is 3. The summed E-state index contributed by atoms with van der Waals surface area (Å²) in [4.78, 5) is 32.3. The summed E-state index contributed by atoms with van der Waals surface area (Å²) in [6.45, 7) is 5.21. The molecule has 2 aromatic carbocycles. The second-order valence-electron chi connectivity index (χ2n) is 10.1. The zero-order valence-corrected chi connectivity index (χ0v) is 22.9. The van der Waals surface area contributed by atoms with Crippen LogP contribution in [0.25, 0.3) is 0 Å². The van der Waals surface area contributed by atoms with E-state index in [1.54, 1.807) is 16.2 Å². The maximum Gasteiger partial charge on any atom is 0.322 e. The number of fused-ring (bicyclic) bond motifs is 1. The van der Waals surface area contributed by atoms with Gasteiger partial charge in [0.1, 0.15) is 6.54 Å². The zero-order chi connectivity index (χ0) is 26.5. The van der Waals surface area contributed by atoms with Crippen LogP contribution in [0.2, 0.25) is 0 Å². The SMILES string of the molecule is Cc1ccccc1NC(=O)N(CC(=O)N(Cc1ccc2c(c1)OCO2)Cc1sccc1C)C1CCCCC1. The number of nitrogens with zero attached hydrogens (tertiary/aromatic N) is 2. The van der Waals surface area contributed by atoms with Crippen LogP contribution < -0.4 is 14.8 Å². The van der Waals surface area contributed by atoms with Gasteiger partial charge >= 0.3 is 6.03 Å². The predicted octanol–water partition coefficient (Wildman–Crippen LogP) is 6.49. The topological polar surface area (TPSA) is 71.1 Å². The molecule has 7 nitrogen and oxygen atoms in total. The summed E-state index contributed by atoms with van der Waals surface area (Å²) in [6.07, 6.45) is 5.15. The molecule has 1 aliphatic carbocycles. The van der Waals surface area contributed by atoms with E-state index in [0.29, 0.717) is 18.8 Å². The molecule has 3 amide bonds. The van der Waals surface area contributed by atoms with Gasteiger partial charge in [0, 0.05) is 23.2 Å². The molecule has 0 bridgehead atoms. The fraction of sp³-hybridized carbons (Fsp3) is 0.400. The molecule has 3 aromatic rings. The highest BCUT2D eigenvalue weighted by molar-refractivity contribution is 7.10.